The summed E-state index contributed by atoms with van der Waals surface area (Å²) in [4.78, 5) is 2.47. The van der Waals surface area contributed by atoms with E-state index in [2.05, 4.69) is 169 Å². The van der Waals surface area contributed by atoms with E-state index in [1.807, 2.05) is 6.07 Å². The minimum Gasteiger partial charge on any atom is -0.455 e. The summed E-state index contributed by atoms with van der Waals surface area (Å²) in [6, 6.07) is 62.0. The molecule has 2 nitrogen and oxygen atoms in total. The van der Waals surface area contributed by atoms with E-state index in [-0.39, 0.29) is 0 Å². The van der Waals surface area contributed by atoms with E-state index in [0.29, 0.717) is 5.92 Å². The number of para-hydroxylation sites is 4. The van der Waals surface area contributed by atoms with Gasteiger partial charge in [0.05, 0.1) is 11.4 Å². The number of fused-ring (bicyclic) bond motifs is 5. The van der Waals surface area contributed by atoms with Crippen molar-refractivity contribution >= 4 is 60.5 Å². The van der Waals surface area contributed by atoms with Crippen molar-refractivity contribution in [2.45, 2.75) is 38.0 Å². The maximum atomic E-state index is 6.64. The SMILES string of the molecule is c1ccc(N(c2ccc3ccccc3c2)c2ccccc2-c2cccc3cccc(C4CCCCC4)c23)c(-c2cccc3c2oc2ccccc23)c1. The third-order valence-corrected chi connectivity index (χ3v) is 11.2. The molecule has 1 aliphatic carbocycles. The molecule has 0 unspecified atom stereocenters. The van der Waals surface area contributed by atoms with Gasteiger partial charge in [-0.15, -0.1) is 0 Å². The summed E-state index contributed by atoms with van der Waals surface area (Å²) in [5.41, 5.74) is 11.4. The topological polar surface area (TPSA) is 16.4 Å². The van der Waals surface area contributed by atoms with Crippen LogP contribution < -0.4 is 4.90 Å². The first-order valence-corrected chi connectivity index (χ1v) is 18.7. The van der Waals surface area contributed by atoms with Crippen molar-refractivity contribution in [3.63, 3.8) is 0 Å². The second-order valence-electron chi connectivity index (χ2n) is 14.3. The molecular formula is C50H39NO. The van der Waals surface area contributed by atoms with Crippen LogP contribution in [0, 0.1) is 0 Å². The third kappa shape index (κ3) is 5.17. The smallest absolute Gasteiger partial charge is 0.143 e. The molecule has 1 heterocycles. The lowest BCUT2D eigenvalue weighted by Gasteiger charge is -2.31. The van der Waals surface area contributed by atoms with Gasteiger partial charge in [-0.1, -0.05) is 159 Å². The number of nitrogens with zero attached hydrogens (tertiary/aromatic N) is 1. The zero-order chi connectivity index (χ0) is 34.4. The first kappa shape index (κ1) is 30.7. The van der Waals surface area contributed by atoms with Gasteiger partial charge in [0.1, 0.15) is 11.2 Å². The first-order valence-electron chi connectivity index (χ1n) is 18.7. The fourth-order valence-corrected chi connectivity index (χ4v) is 8.82. The normalized spacial score (nSPS) is 13.7. The lowest BCUT2D eigenvalue weighted by molar-refractivity contribution is 0.445. The summed E-state index contributed by atoms with van der Waals surface area (Å²) >= 11 is 0. The lowest BCUT2D eigenvalue weighted by Crippen LogP contribution is -2.12. The van der Waals surface area contributed by atoms with Gasteiger partial charge in [-0.3, -0.25) is 0 Å². The monoisotopic (exact) mass is 669 g/mol. The van der Waals surface area contributed by atoms with Crippen LogP contribution in [-0.4, -0.2) is 0 Å². The average molecular weight is 670 g/mol. The molecule has 0 amide bonds. The molecule has 1 saturated carbocycles. The molecule has 52 heavy (non-hydrogen) atoms. The van der Waals surface area contributed by atoms with E-state index in [1.165, 1.54) is 70.3 Å². The van der Waals surface area contributed by atoms with Gasteiger partial charge in [0.15, 0.2) is 0 Å². The molecule has 0 bridgehead atoms. The number of hydrogen-bond donors (Lipinski definition) is 0. The van der Waals surface area contributed by atoms with E-state index in [4.69, 9.17) is 4.42 Å². The number of hydrogen-bond acceptors (Lipinski definition) is 2. The Hall–Kier alpha value is -6.12. The maximum Gasteiger partial charge on any atom is 0.143 e. The third-order valence-electron chi connectivity index (χ3n) is 11.2. The Morgan fingerprint density at radius 1 is 0.442 bits per heavy atom. The predicted octanol–water partition coefficient (Wildman–Crippen LogP) is 14.7. The highest BCUT2D eigenvalue weighted by Crippen LogP contribution is 2.49. The second kappa shape index (κ2) is 12.9. The van der Waals surface area contributed by atoms with Gasteiger partial charge in [0, 0.05) is 33.2 Å². The Morgan fingerprint density at radius 3 is 1.87 bits per heavy atom. The standard InChI is InChI=1S/C50H39NO/c1-2-16-35(17-3-1)39-24-12-19-36-20-13-25-43(49(36)39)40-21-6-9-28-46(40)51(38-32-31-34-15-4-5-18-37(34)33-38)47-29-10-7-22-41(47)44-26-14-27-45-42-23-8-11-30-48(42)52-50(44)45/h4-15,18-33,35H,1-3,16-17H2. The van der Waals surface area contributed by atoms with Gasteiger partial charge in [-0.05, 0) is 81.8 Å². The predicted molar refractivity (Wildman–Crippen MR) is 220 cm³/mol. The quantitative estimate of drug-likeness (QED) is 0.175. The van der Waals surface area contributed by atoms with Crippen molar-refractivity contribution < 1.29 is 4.42 Å². The van der Waals surface area contributed by atoms with E-state index >= 15 is 0 Å². The van der Waals surface area contributed by atoms with Crippen LogP contribution in [0.4, 0.5) is 17.1 Å². The molecule has 8 aromatic carbocycles. The molecule has 0 saturated heterocycles. The highest BCUT2D eigenvalue weighted by atomic mass is 16.3. The first-order chi connectivity index (χ1) is 25.8. The summed E-state index contributed by atoms with van der Waals surface area (Å²) in [6.07, 6.45) is 6.49. The van der Waals surface area contributed by atoms with Gasteiger partial charge in [-0.25, -0.2) is 0 Å². The van der Waals surface area contributed by atoms with Crippen LogP contribution in [0.1, 0.15) is 43.6 Å². The fraction of sp³-hybridized carbons (Fsp3) is 0.120. The number of anilines is 3. The highest BCUT2D eigenvalue weighted by molar-refractivity contribution is 6.11. The minimum absolute atomic E-state index is 0.590. The van der Waals surface area contributed by atoms with Gasteiger partial charge < -0.3 is 9.32 Å². The van der Waals surface area contributed by atoms with Crippen LogP contribution in [0.5, 0.6) is 0 Å². The van der Waals surface area contributed by atoms with Crippen molar-refractivity contribution in [3.05, 3.63) is 175 Å². The molecule has 1 fully saturated rings. The average Bonchev–Trinajstić information content (AvgIpc) is 3.60. The van der Waals surface area contributed by atoms with E-state index < -0.39 is 0 Å². The zero-order valence-electron chi connectivity index (χ0n) is 29.1. The van der Waals surface area contributed by atoms with Gasteiger partial charge >= 0.3 is 0 Å². The van der Waals surface area contributed by atoms with Crippen molar-refractivity contribution in [1.82, 2.24) is 0 Å². The molecule has 0 aliphatic heterocycles. The van der Waals surface area contributed by atoms with Crippen LogP contribution in [-0.2, 0) is 0 Å². The summed E-state index contributed by atoms with van der Waals surface area (Å²) < 4.78 is 6.64. The van der Waals surface area contributed by atoms with Crippen LogP contribution in [0.25, 0.3) is 65.7 Å². The molecule has 1 aromatic heterocycles. The van der Waals surface area contributed by atoms with Crippen LogP contribution in [0.2, 0.25) is 0 Å². The zero-order valence-corrected chi connectivity index (χ0v) is 29.1. The molecular weight excluding hydrogens is 631 g/mol. The van der Waals surface area contributed by atoms with Crippen molar-refractivity contribution in [3.8, 4) is 22.3 Å². The Labute approximate surface area is 304 Å². The van der Waals surface area contributed by atoms with Crippen molar-refractivity contribution in [2.75, 3.05) is 4.90 Å². The molecule has 0 atom stereocenters. The maximum absolute atomic E-state index is 6.64. The Bertz CT molecular complexity index is 2740. The summed E-state index contributed by atoms with van der Waals surface area (Å²) in [5, 5.41) is 7.41. The Kier molecular flexibility index (Phi) is 7.61. The van der Waals surface area contributed by atoms with Gasteiger partial charge in [0.25, 0.3) is 0 Å². The second-order valence-corrected chi connectivity index (χ2v) is 14.3. The lowest BCUT2D eigenvalue weighted by atomic mass is 9.80. The van der Waals surface area contributed by atoms with Gasteiger partial charge in [0.2, 0.25) is 0 Å². The Balaban J connectivity index is 1.24. The molecule has 0 radical (unpaired) electrons. The van der Waals surface area contributed by atoms with E-state index in [9.17, 15) is 0 Å². The molecule has 1 aliphatic rings. The van der Waals surface area contributed by atoms with Crippen LogP contribution in [0.15, 0.2) is 174 Å². The molecule has 2 heteroatoms. The van der Waals surface area contributed by atoms with Crippen LogP contribution >= 0.6 is 0 Å². The number of furan rings is 1. The van der Waals surface area contributed by atoms with Crippen LogP contribution in [0.3, 0.4) is 0 Å². The molecule has 9 aromatic rings. The summed E-state index contributed by atoms with van der Waals surface area (Å²) in [6.45, 7) is 0. The molecule has 0 spiro atoms. The van der Waals surface area contributed by atoms with E-state index in [0.717, 1.165) is 50.1 Å². The van der Waals surface area contributed by atoms with E-state index in [1.54, 1.807) is 0 Å². The molecule has 250 valence electrons. The number of rotatable bonds is 6. The highest BCUT2D eigenvalue weighted by Gasteiger charge is 2.25. The molecule has 10 rings (SSSR count). The molecule has 0 N–H and O–H groups in total. The van der Waals surface area contributed by atoms with Crippen molar-refractivity contribution in [1.29, 1.82) is 0 Å². The minimum atomic E-state index is 0.590. The van der Waals surface area contributed by atoms with Gasteiger partial charge in [-0.2, -0.15) is 0 Å². The van der Waals surface area contributed by atoms with Crippen molar-refractivity contribution in [2.24, 2.45) is 0 Å². The fourth-order valence-electron chi connectivity index (χ4n) is 8.82. The number of benzene rings is 8. The Morgan fingerprint density at radius 2 is 1.04 bits per heavy atom. The summed E-state index contributed by atoms with van der Waals surface area (Å²) in [5.74, 6) is 0.590. The summed E-state index contributed by atoms with van der Waals surface area (Å²) in [7, 11) is 0. The largest absolute Gasteiger partial charge is 0.455 e.